The molecule has 0 saturated heterocycles. The van der Waals surface area contributed by atoms with Crippen molar-refractivity contribution in [3.63, 3.8) is 0 Å². The molecular formula is C14H26N2O4S. The lowest BCUT2D eigenvalue weighted by molar-refractivity contribution is -0.123. The Kier molecular flexibility index (Phi) is 7.34. The molecule has 0 aromatic heterocycles. The molecular weight excluding hydrogens is 292 g/mol. The fourth-order valence-corrected chi connectivity index (χ4v) is 3.03. The first-order valence-electron chi connectivity index (χ1n) is 7.44. The highest BCUT2D eigenvalue weighted by Crippen LogP contribution is 2.17. The maximum absolute atomic E-state index is 12.2. The molecule has 0 radical (unpaired) electrons. The van der Waals surface area contributed by atoms with Crippen LogP contribution in [-0.2, 0) is 14.9 Å². The molecule has 1 aliphatic rings. The van der Waals surface area contributed by atoms with E-state index in [-0.39, 0.29) is 24.1 Å². The van der Waals surface area contributed by atoms with Gasteiger partial charge in [0, 0.05) is 6.04 Å². The number of amides is 1. The van der Waals surface area contributed by atoms with Crippen molar-refractivity contribution in [2.75, 3.05) is 12.3 Å². The molecule has 0 aromatic carbocycles. The van der Waals surface area contributed by atoms with Gasteiger partial charge in [-0.05, 0) is 32.7 Å². The summed E-state index contributed by atoms with van der Waals surface area (Å²) < 4.78 is 29.9. The molecule has 0 aliphatic heterocycles. The summed E-state index contributed by atoms with van der Waals surface area (Å²) in [5, 5.41) is 6.02. The van der Waals surface area contributed by atoms with Gasteiger partial charge < -0.3 is 10.6 Å². The Morgan fingerprint density at radius 2 is 1.95 bits per heavy atom. The molecule has 0 heterocycles. The zero-order chi connectivity index (χ0) is 15.9. The van der Waals surface area contributed by atoms with Crippen LogP contribution in [0, 0.1) is 0 Å². The van der Waals surface area contributed by atoms with Gasteiger partial charge in [0.15, 0.2) is 0 Å². The molecule has 3 N–H and O–H groups in total. The van der Waals surface area contributed by atoms with E-state index >= 15 is 0 Å². The van der Waals surface area contributed by atoms with Crippen LogP contribution < -0.4 is 10.6 Å². The van der Waals surface area contributed by atoms with Crippen molar-refractivity contribution < 1.29 is 17.8 Å². The van der Waals surface area contributed by atoms with E-state index in [0.29, 0.717) is 12.1 Å². The number of rotatable bonds is 8. The highest BCUT2D eigenvalue weighted by Gasteiger charge is 2.22. The summed E-state index contributed by atoms with van der Waals surface area (Å²) >= 11 is 0. The monoisotopic (exact) mass is 318 g/mol. The van der Waals surface area contributed by atoms with Gasteiger partial charge in [0.25, 0.3) is 10.1 Å². The summed E-state index contributed by atoms with van der Waals surface area (Å²) in [6.45, 7) is 5.90. The quantitative estimate of drug-likeness (QED) is 0.356. The highest BCUT2D eigenvalue weighted by molar-refractivity contribution is 7.85. The van der Waals surface area contributed by atoms with Crippen LogP contribution in [0.1, 0.15) is 45.4 Å². The zero-order valence-electron chi connectivity index (χ0n) is 12.6. The van der Waals surface area contributed by atoms with Crippen LogP contribution in [-0.4, -0.2) is 43.3 Å². The minimum atomic E-state index is -3.95. The van der Waals surface area contributed by atoms with Crippen molar-refractivity contribution in [1.82, 2.24) is 10.6 Å². The minimum absolute atomic E-state index is 0.110. The van der Waals surface area contributed by atoms with Crippen molar-refractivity contribution >= 4 is 16.0 Å². The van der Waals surface area contributed by atoms with E-state index in [1.54, 1.807) is 6.92 Å². The van der Waals surface area contributed by atoms with Crippen LogP contribution >= 0.6 is 0 Å². The van der Waals surface area contributed by atoms with Crippen molar-refractivity contribution in [3.05, 3.63) is 12.2 Å². The standard InChI is InChI=1S/C14H26N2O4S/c1-11(2)13(15-9-6-10-21(18,19)20)14(17)16-12-7-4-3-5-8-12/h12-13,15H,1,3-10H2,2H3,(H,16,17)(H,18,19,20)/t13-/m1/s1. The number of carbonyl (C=O) groups is 1. The van der Waals surface area contributed by atoms with Gasteiger partial charge >= 0.3 is 0 Å². The number of nitrogens with one attached hydrogen (secondary N) is 2. The minimum Gasteiger partial charge on any atom is -0.352 e. The fourth-order valence-electron chi connectivity index (χ4n) is 2.52. The van der Waals surface area contributed by atoms with Crippen LogP contribution in [0.15, 0.2) is 12.2 Å². The van der Waals surface area contributed by atoms with Gasteiger partial charge in [-0.25, -0.2) is 0 Å². The van der Waals surface area contributed by atoms with Gasteiger partial charge in [0.1, 0.15) is 6.04 Å². The van der Waals surface area contributed by atoms with Crippen molar-refractivity contribution in [2.24, 2.45) is 0 Å². The summed E-state index contributed by atoms with van der Waals surface area (Å²) in [5.41, 5.74) is 0.690. The average Bonchev–Trinajstić information content (AvgIpc) is 2.37. The van der Waals surface area contributed by atoms with Crippen LogP contribution in [0.4, 0.5) is 0 Å². The summed E-state index contributed by atoms with van der Waals surface area (Å²) in [5.74, 6) is -0.422. The summed E-state index contributed by atoms with van der Waals surface area (Å²) in [7, 11) is -3.95. The lowest BCUT2D eigenvalue weighted by Crippen LogP contribution is -2.49. The third-order valence-electron chi connectivity index (χ3n) is 3.63. The number of hydrogen-bond acceptors (Lipinski definition) is 4. The fraction of sp³-hybridized carbons (Fsp3) is 0.786. The molecule has 122 valence electrons. The van der Waals surface area contributed by atoms with Crippen molar-refractivity contribution in [2.45, 2.75) is 57.5 Å². The van der Waals surface area contributed by atoms with Crippen molar-refractivity contribution in [3.8, 4) is 0 Å². The third-order valence-corrected chi connectivity index (χ3v) is 4.44. The highest BCUT2D eigenvalue weighted by atomic mass is 32.2. The molecule has 1 amide bonds. The van der Waals surface area contributed by atoms with Crippen LogP contribution in [0.2, 0.25) is 0 Å². The summed E-state index contributed by atoms with van der Waals surface area (Å²) in [4.78, 5) is 12.2. The number of hydrogen-bond donors (Lipinski definition) is 3. The maximum Gasteiger partial charge on any atom is 0.264 e. The normalized spacial score (nSPS) is 18.2. The molecule has 1 aliphatic carbocycles. The molecule has 0 unspecified atom stereocenters. The molecule has 1 atom stereocenters. The van der Waals surface area contributed by atoms with Crippen molar-refractivity contribution in [1.29, 1.82) is 0 Å². The van der Waals surface area contributed by atoms with Gasteiger partial charge in [-0.2, -0.15) is 8.42 Å². The number of carbonyl (C=O) groups excluding carboxylic acids is 1. The first kappa shape index (κ1) is 18.1. The molecule has 1 fully saturated rings. The SMILES string of the molecule is C=C(C)[C@@H](NCCCS(=O)(=O)O)C(=O)NC1CCCCC1. The van der Waals surface area contributed by atoms with Gasteiger partial charge in [0.05, 0.1) is 5.75 Å². The Morgan fingerprint density at radius 1 is 1.33 bits per heavy atom. The molecule has 1 rings (SSSR count). The first-order valence-corrected chi connectivity index (χ1v) is 9.05. The van der Waals surface area contributed by atoms with E-state index in [1.807, 2.05) is 0 Å². The summed E-state index contributed by atoms with van der Waals surface area (Å²) in [6, 6.07) is -0.291. The Hall–Kier alpha value is -0.920. The predicted molar refractivity (Wildman–Crippen MR) is 82.7 cm³/mol. The second-order valence-electron chi connectivity index (χ2n) is 5.72. The van der Waals surface area contributed by atoms with Gasteiger partial charge in [-0.1, -0.05) is 31.4 Å². The molecule has 6 nitrogen and oxygen atoms in total. The molecule has 21 heavy (non-hydrogen) atoms. The van der Waals surface area contributed by atoms with Crippen LogP contribution in [0.5, 0.6) is 0 Å². The second kappa shape index (κ2) is 8.51. The smallest absolute Gasteiger partial charge is 0.264 e. The van der Waals surface area contributed by atoms with E-state index in [9.17, 15) is 13.2 Å². The Labute approximate surface area is 127 Å². The van der Waals surface area contributed by atoms with Gasteiger partial charge in [0.2, 0.25) is 5.91 Å². The lowest BCUT2D eigenvalue weighted by atomic mass is 9.95. The average molecular weight is 318 g/mol. The molecule has 1 saturated carbocycles. The first-order chi connectivity index (χ1) is 9.79. The molecule has 0 spiro atoms. The Bertz CT molecular complexity index is 456. The molecule has 7 heteroatoms. The van der Waals surface area contributed by atoms with Gasteiger partial charge in [-0.15, -0.1) is 0 Å². The van der Waals surface area contributed by atoms with E-state index in [2.05, 4.69) is 17.2 Å². The second-order valence-corrected chi connectivity index (χ2v) is 7.29. The van der Waals surface area contributed by atoms with E-state index in [1.165, 1.54) is 6.42 Å². The largest absolute Gasteiger partial charge is 0.352 e. The molecule has 0 bridgehead atoms. The third kappa shape index (κ3) is 7.59. The maximum atomic E-state index is 12.2. The predicted octanol–water partition coefficient (Wildman–Crippen LogP) is 1.25. The van der Waals surface area contributed by atoms with E-state index in [4.69, 9.17) is 4.55 Å². The van der Waals surface area contributed by atoms with Gasteiger partial charge in [-0.3, -0.25) is 9.35 Å². The summed E-state index contributed by atoms with van der Waals surface area (Å²) in [6.07, 6.45) is 5.78. The van der Waals surface area contributed by atoms with Crippen LogP contribution in [0.3, 0.4) is 0 Å². The Morgan fingerprint density at radius 3 is 2.48 bits per heavy atom. The lowest BCUT2D eigenvalue weighted by Gasteiger charge is -2.26. The van der Waals surface area contributed by atoms with E-state index < -0.39 is 16.2 Å². The van der Waals surface area contributed by atoms with E-state index in [0.717, 1.165) is 25.7 Å². The topological polar surface area (TPSA) is 95.5 Å². The molecule has 0 aromatic rings. The Balaban J connectivity index is 2.40. The zero-order valence-corrected chi connectivity index (χ0v) is 13.4. The van der Waals surface area contributed by atoms with Crippen LogP contribution in [0.25, 0.3) is 0 Å².